The number of nitriles is 1. The molecule has 0 fully saturated rings. The highest BCUT2D eigenvalue weighted by atomic mass is 79.9. The average molecular weight is 409 g/mol. The Morgan fingerprint density at radius 3 is 2.27 bits per heavy atom. The van der Waals surface area contributed by atoms with Gasteiger partial charge in [-0.05, 0) is 22.9 Å². The Hall–Kier alpha value is -1.67. The van der Waals surface area contributed by atoms with Gasteiger partial charge in [-0.2, -0.15) is 23.5 Å². The number of rotatable bonds is 1. The lowest BCUT2D eigenvalue weighted by atomic mass is 10.2. The average Bonchev–Trinajstić information content (AvgIpc) is 2.80. The van der Waals surface area contributed by atoms with E-state index in [0.717, 1.165) is 16.8 Å². The Labute approximate surface area is 141 Å². The number of nitrogens with zero attached hydrogens (tertiary/aromatic N) is 3. The van der Waals surface area contributed by atoms with Gasteiger partial charge in [-0.1, -0.05) is 23.2 Å². The molecule has 2 rings (SSSR count). The van der Waals surface area contributed by atoms with Crippen molar-refractivity contribution in [2.45, 2.75) is 6.18 Å². The van der Waals surface area contributed by atoms with Gasteiger partial charge in [0.2, 0.25) is 0 Å². The highest BCUT2D eigenvalue weighted by Crippen LogP contribution is 2.37. The number of hydrogen-bond acceptors (Lipinski definition) is 2. The molecule has 0 unspecified atom stereocenters. The number of hydrogen-bond donors (Lipinski definition) is 0. The molecule has 1 aromatic heterocycles. The molecular formula is C13H3BrCl2F3N3. The summed E-state index contributed by atoms with van der Waals surface area (Å²) in [7, 11) is 0. The molecule has 0 aliphatic carbocycles. The van der Waals surface area contributed by atoms with Gasteiger partial charge in [0.05, 0.1) is 21.2 Å². The summed E-state index contributed by atoms with van der Waals surface area (Å²) >= 11 is 14.7. The monoisotopic (exact) mass is 407 g/mol. The van der Waals surface area contributed by atoms with Crippen LogP contribution in [0.5, 0.6) is 0 Å². The van der Waals surface area contributed by atoms with E-state index in [0.29, 0.717) is 0 Å². The molecule has 9 heteroatoms. The molecule has 1 heterocycles. The van der Waals surface area contributed by atoms with Crippen LogP contribution in [0.3, 0.4) is 0 Å². The van der Waals surface area contributed by atoms with Crippen LogP contribution in [0, 0.1) is 22.1 Å². The van der Waals surface area contributed by atoms with Gasteiger partial charge >= 0.3 is 6.18 Å². The maximum atomic E-state index is 12.7. The first-order valence-electron chi connectivity index (χ1n) is 5.46. The Kier molecular flexibility index (Phi) is 4.72. The summed E-state index contributed by atoms with van der Waals surface area (Å²) in [4.78, 5) is 2.43. The van der Waals surface area contributed by atoms with E-state index in [1.165, 1.54) is 6.20 Å². The van der Waals surface area contributed by atoms with Gasteiger partial charge in [0.1, 0.15) is 11.8 Å². The van der Waals surface area contributed by atoms with Gasteiger partial charge in [-0.25, -0.2) is 4.68 Å². The summed E-state index contributed by atoms with van der Waals surface area (Å²) in [5.74, 6) is 2.59. The standard InChI is InChI=1S/C13H3BrCl2F3N3/c14-2-1-7-6-22(21-11(7)5-20)12-9(15)3-8(4-10(12)16)13(17,18)19/h3-4,6H. The van der Waals surface area contributed by atoms with Crippen molar-refractivity contribution in [2.75, 3.05) is 0 Å². The van der Waals surface area contributed by atoms with Crippen LogP contribution in [0.15, 0.2) is 18.3 Å². The summed E-state index contributed by atoms with van der Waals surface area (Å²) in [5, 5.41) is 12.4. The summed E-state index contributed by atoms with van der Waals surface area (Å²) < 4.78 is 39.2. The molecule has 3 nitrogen and oxygen atoms in total. The lowest BCUT2D eigenvalue weighted by molar-refractivity contribution is -0.137. The third-order valence-corrected chi connectivity index (χ3v) is 3.35. The van der Waals surface area contributed by atoms with Crippen molar-refractivity contribution >= 4 is 39.1 Å². The highest BCUT2D eigenvalue weighted by molar-refractivity contribution is 9.12. The predicted molar refractivity (Wildman–Crippen MR) is 79.1 cm³/mol. The Morgan fingerprint density at radius 2 is 1.82 bits per heavy atom. The maximum Gasteiger partial charge on any atom is 0.416 e. The molecule has 0 N–H and O–H groups in total. The molecule has 1 aromatic carbocycles. The third-order valence-electron chi connectivity index (χ3n) is 2.58. The number of halogens is 6. The van der Waals surface area contributed by atoms with E-state index in [1.54, 1.807) is 0 Å². The van der Waals surface area contributed by atoms with Crippen molar-refractivity contribution in [3.05, 3.63) is 45.2 Å². The minimum atomic E-state index is -4.57. The van der Waals surface area contributed by atoms with Crippen LogP contribution >= 0.6 is 39.1 Å². The van der Waals surface area contributed by atoms with Crippen LogP contribution in [0.1, 0.15) is 16.8 Å². The summed E-state index contributed by atoms with van der Waals surface area (Å²) in [6, 6.07) is 3.31. The fourth-order valence-corrected chi connectivity index (χ4v) is 2.54. The first-order chi connectivity index (χ1) is 10.3. The van der Waals surface area contributed by atoms with Crippen LogP contribution in [-0.4, -0.2) is 9.78 Å². The van der Waals surface area contributed by atoms with Crippen LogP contribution in [0.25, 0.3) is 5.69 Å². The van der Waals surface area contributed by atoms with Crippen molar-refractivity contribution < 1.29 is 13.2 Å². The molecule has 0 radical (unpaired) electrons. The van der Waals surface area contributed by atoms with Gasteiger partial charge < -0.3 is 0 Å². The van der Waals surface area contributed by atoms with Gasteiger partial charge in [0, 0.05) is 22.1 Å². The lowest BCUT2D eigenvalue weighted by Crippen LogP contribution is -2.07. The van der Waals surface area contributed by atoms with Crippen molar-refractivity contribution in [1.29, 1.82) is 5.26 Å². The first kappa shape index (κ1) is 16.7. The third kappa shape index (κ3) is 3.22. The van der Waals surface area contributed by atoms with Crippen molar-refractivity contribution in [3.8, 4) is 22.5 Å². The molecule has 0 aliphatic heterocycles. The second-order valence-electron chi connectivity index (χ2n) is 3.95. The number of aromatic nitrogens is 2. The second-order valence-corrected chi connectivity index (χ2v) is 5.16. The van der Waals surface area contributed by atoms with E-state index in [9.17, 15) is 13.2 Å². The summed E-state index contributed by atoms with van der Waals surface area (Å²) in [6.45, 7) is 0. The number of alkyl halides is 3. The normalized spacial score (nSPS) is 10.8. The van der Waals surface area contributed by atoms with E-state index in [2.05, 4.69) is 31.8 Å². The predicted octanol–water partition coefficient (Wildman–Crippen LogP) is 4.77. The molecule has 0 spiro atoms. The molecule has 2 aromatic rings. The van der Waals surface area contributed by atoms with E-state index in [4.69, 9.17) is 28.5 Å². The largest absolute Gasteiger partial charge is 0.416 e. The maximum absolute atomic E-state index is 12.7. The van der Waals surface area contributed by atoms with Crippen LogP contribution in [0.2, 0.25) is 10.0 Å². The van der Waals surface area contributed by atoms with Crippen LogP contribution < -0.4 is 0 Å². The van der Waals surface area contributed by atoms with Crippen molar-refractivity contribution in [3.63, 3.8) is 0 Å². The minimum Gasteiger partial charge on any atom is -0.235 e. The van der Waals surface area contributed by atoms with Gasteiger partial charge in [0.25, 0.3) is 0 Å². The zero-order valence-electron chi connectivity index (χ0n) is 10.3. The molecule has 0 saturated carbocycles. The molecule has 0 saturated heterocycles. The molecule has 0 amide bonds. The molecule has 0 atom stereocenters. The van der Waals surface area contributed by atoms with Crippen LogP contribution in [-0.2, 0) is 6.18 Å². The van der Waals surface area contributed by atoms with Gasteiger partial charge in [-0.3, -0.25) is 0 Å². The highest BCUT2D eigenvalue weighted by Gasteiger charge is 2.32. The quantitative estimate of drug-likeness (QED) is 0.637. The first-order valence-corrected chi connectivity index (χ1v) is 7.01. The van der Waals surface area contributed by atoms with E-state index in [1.807, 2.05) is 6.07 Å². The molecule has 112 valence electrons. The van der Waals surface area contributed by atoms with E-state index in [-0.39, 0.29) is 27.0 Å². The van der Waals surface area contributed by atoms with Crippen molar-refractivity contribution in [2.24, 2.45) is 0 Å². The second kappa shape index (κ2) is 6.21. The van der Waals surface area contributed by atoms with E-state index < -0.39 is 11.7 Å². The van der Waals surface area contributed by atoms with Gasteiger partial charge in [0.15, 0.2) is 5.69 Å². The topological polar surface area (TPSA) is 41.6 Å². The lowest BCUT2D eigenvalue weighted by Gasteiger charge is -2.12. The van der Waals surface area contributed by atoms with E-state index >= 15 is 0 Å². The molecule has 22 heavy (non-hydrogen) atoms. The van der Waals surface area contributed by atoms with Crippen LogP contribution in [0.4, 0.5) is 13.2 Å². The smallest absolute Gasteiger partial charge is 0.235 e. The molecule has 0 aliphatic rings. The van der Waals surface area contributed by atoms with Crippen molar-refractivity contribution in [1.82, 2.24) is 9.78 Å². The fraction of sp³-hybridized carbons (Fsp3) is 0.0769. The summed E-state index contributed by atoms with van der Waals surface area (Å²) in [5.41, 5.74) is -0.653. The fourth-order valence-electron chi connectivity index (χ4n) is 1.66. The Balaban J connectivity index is 2.63. The number of benzene rings is 1. The Morgan fingerprint density at radius 1 is 1.23 bits per heavy atom. The summed E-state index contributed by atoms with van der Waals surface area (Å²) in [6.07, 6.45) is -3.21. The molecular weight excluding hydrogens is 406 g/mol. The Bertz CT molecular complexity index is 818. The van der Waals surface area contributed by atoms with Gasteiger partial charge in [-0.15, -0.1) is 0 Å². The zero-order valence-corrected chi connectivity index (χ0v) is 13.4. The SMILES string of the molecule is N#Cc1nn(-c2c(Cl)cc(C(F)(F)F)cc2Cl)cc1C#CBr. The minimum absolute atomic E-state index is 0.000943. The molecule has 0 bridgehead atoms. The zero-order chi connectivity index (χ0) is 16.5.